The molecule has 0 unspecified atom stereocenters. The van der Waals surface area contributed by atoms with E-state index in [0.717, 1.165) is 28.9 Å². The van der Waals surface area contributed by atoms with Crippen molar-refractivity contribution in [1.82, 2.24) is 35.3 Å². The van der Waals surface area contributed by atoms with Crippen molar-refractivity contribution < 1.29 is 4.79 Å². The lowest BCUT2D eigenvalue weighted by Crippen LogP contribution is -2.40. The summed E-state index contributed by atoms with van der Waals surface area (Å²) in [6, 6.07) is 7.95. The van der Waals surface area contributed by atoms with Crippen LogP contribution in [0.25, 0.3) is 5.69 Å². The second-order valence-corrected chi connectivity index (χ2v) is 7.66. The second kappa shape index (κ2) is 6.91. The van der Waals surface area contributed by atoms with E-state index in [0.29, 0.717) is 18.2 Å². The smallest absolute Gasteiger partial charge is 0.236 e. The number of benzene rings is 1. The third-order valence-electron chi connectivity index (χ3n) is 4.43. The molecule has 1 amide bonds. The molecule has 0 radical (unpaired) electrons. The molecule has 3 heterocycles. The molecule has 0 saturated heterocycles. The average molecular weight is 369 g/mol. The van der Waals surface area contributed by atoms with Gasteiger partial charge in [-0.25, -0.2) is 0 Å². The van der Waals surface area contributed by atoms with E-state index in [1.54, 1.807) is 10.9 Å². The van der Waals surface area contributed by atoms with Crippen LogP contribution >= 0.6 is 11.8 Å². The fraction of sp³-hybridized carbons (Fsp3) is 0.353. The monoisotopic (exact) mass is 369 g/mol. The maximum Gasteiger partial charge on any atom is 0.236 e. The quantitative estimate of drug-likeness (QED) is 0.705. The number of H-pyrrole nitrogens is 1. The van der Waals surface area contributed by atoms with E-state index < -0.39 is 0 Å². The van der Waals surface area contributed by atoms with Crippen LogP contribution in [0.2, 0.25) is 0 Å². The van der Waals surface area contributed by atoms with E-state index in [-0.39, 0.29) is 11.2 Å². The lowest BCUT2D eigenvalue weighted by molar-refractivity contribution is -0.131. The van der Waals surface area contributed by atoms with Gasteiger partial charge in [0.2, 0.25) is 11.1 Å². The van der Waals surface area contributed by atoms with E-state index in [1.807, 2.05) is 43.0 Å². The van der Waals surface area contributed by atoms with E-state index >= 15 is 0 Å². The summed E-state index contributed by atoms with van der Waals surface area (Å²) in [5.41, 5.74) is 4.23. The molecule has 0 spiro atoms. The van der Waals surface area contributed by atoms with Crippen molar-refractivity contribution in [2.45, 2.75) is 37.2 Å². The molecule has 0 fully saturated rings. The van der Waals surface area contributed by atoms with Gasteiger partial charge in [0, 0.05) is 30.8 Å². The first-order valence-electron chi connectivity index (χ1n) is 8.44. The van der Waals surface area contributed by atoms with Gasteiger partial charge in [-0.3, -0.25) is 9.89 Å². The summed E-state index contributed by atoms with van der Waals surface area (Å²) in [5, 5.41) is 19.3. The van der Waals surface area contributed by atoms with Gasteiger partial charge in [0.15, 0.2) is 0 Å². The highest BCUT2D eigenvalue weighted by atomic mass is 32.2. The molecule has 1 aliphatic heterocycles. The van der Waals surface area contributed by atoms with Crippen LogP contribution in [0.3, 0.4) is 0 Å². The van der Waals surface area contributed by atoms with E-state index in [2.05, 4.69) is 25.7 Å². The Kier molecular flexibility index (Phi) is 4.46. The van der Waals surface area contributed by atoms with Crippen LogP contribution in [0, 0.1) is 6.92 Å². The maximum absolute atomic E-state index is 12.9. The summed E-state index contributed by atoms with van der Waals surface area (Å²) in [7, 11) is 0. The van der Waals surface area contributed by atoms with Crippen LogP contribution in [-0.4, -0.2) is 53.0 Å². The van der Waals surface area contributed by atoms with Crippen molar-refractivity contribution in [1.29, 1.82) is 0 Å². The molecule has 0 bridgehead atoms. The molecular formula is C17H19N7OS. The molecule has 26 heavy (non-hydrogen) atoms. The van der Waals surface area contributed by atoms with Crippen molar-refractivity contribution in [2.24, 2.45) is 0 Å². The molecule has 134 valence electrons. The number of fused-ring (bicyclic) bond motifs is 1. The number of hydrogen-bond donors (Lipinski definition) is 1. The molecule has 0 saturated carbocycles. The minimum Gasteiger partial charge on any atom is -0.337 e. The minimum atomic E-state index is -0.280. The number of thioether (sulfide) groups is 1. The highest BCUT2D eigenvalue weighted by molar-refractivity contribution is 8.00. The zero-order valence-electron chi connectivity index (χ0n) is 14.6. The maximum atomic E-state index is 12.9. The van der Waals surface area contributed by atoms with Crippen LogP contribution in [0.15, 0.2) is 35.6 Å². The van der Waals surface area contributed by atoms with Gasteiger partial charge in [0.25, 0.3) is 0 Å². The van der Waals surface area contributed by atoms with Gasteiger partial charge < -0.3 is 4.90 Å². The first-order chi connectivity index (χ1) is 12.6. The fourth-order valence-electron chi connectivity index (χ4n) is 3.05. The molecule has 1 N–H and O–H groups in total. The normalized spacial score (nSPS) is 14.9. The highest BCUT2D eigenvalue weighted by Crippen LogP contribution is 2.26. The molecule has 8 nitrogen and oxygen atoms in total. The van der Waals surface area contributed by atoms with Gasteiger partial charge in [-0.05, 0) is 42.0 Å². The number of hydrogen-bond acceptors (Lipinski definition) is 6. The second-order valence-electron chi connectivity index (χ2n) is 6.36. The Morgan fingerprint density at radius 2 is 2.27 bits per heavy atom. The fourth-order valence-corrected chi connectivity index (χ4v) is 3.94. The summed E-state index contributed by atoms with van der Waals surface area (Å²) in [6.07, 6.45) is 2.60. The van der Waals surface area contributed by atoms with Crippen molar-refractivity contribution >= 4 is 17.7 Å². The first kappa shape index (κ1) is 16.8. The molecule has 4 rings (SSSR count). The highest BCUT2D eigenvalue weighted by Gasteiger charge is 2.27. The summed E-state index contributed by atoms with van der Waals surface area (Å²) in [6.45, 7) is 5.21. The molecule has 9 heteroatoms. The van der Waals surface area contributed by atoms with E-state index in [4.69, 9.17) is 0 Å². The number of carbonyl (C=O) groups is 1. The lowest BCUT2D eigenvalue weighted by atomic mass is 10.1. The molecule has 3 aromatic rings. The van der Waals surface area contributed by atoms with Crippen molar-refractivity contribution in [2.75, 3.05) is 6.54 Å². The van der Waals surface area contributed by atoms with Crippen LogP contribution in [0.4, 0.5) is 0 Å². The average Bonchev–Trinajstić information content (AvgIpc) is 3.29. The van der Waals surface area contributed by atoms with Gasteiger partial charge in [0.05, 0.1) is 17.1 Å². The number of aromatic nitrogens is 6. The van der Waals surface area contributed by atoms with Gasteiger partial charge in [0.1, 0.15) is 0 Å². The molecular weight excluding hydrogens is 350 g/mol. The van der Waals surface area contributed by atoms with Crippen LogP contribution in [0.5, 0.6) is 0 Å². The zero-order chi connectivity index (χ0) is 18.1. The summed E-state index contributed by atoms with van der Waals surface area (Å²) in [4.78, 5) is 14.7. The predicted molar refractivity (Wildman–Crippen MR) is 96.9 cm³/mol. The molecule has 1 atom stereocenters. The zero-order valence-corrected chi connectivity index (χ0v) is 15.4. The molecule has 1 aromatic carbocycles. The van der Waals surface area contributed by atoms with Gasteiger partial charge >= 0.3 is 0 Å². The van der Waals surface area contributed by atoms with Crippen LogP contribution < -0.4 is 0 Å². The Bertz CT molecular complexity index is 935. The number of nitrogens with one attached hydrogen (secondary N) is 1. The van der Waals surface area contributed by atoms with Gasteiger partial charge in [-0.1, -0.05) is 23.9 Å². The van der Waals surface area contributed by atoms with Gasteiger partial charge in [-0.15, -0.1) is 5.10 Å². The summed E-state index contributed by atoms with van der Waals surface area (Å²) < 4.78 is 1.67. The first-order valence-corrected chi connectivity index (χ1v) is 9.32. The van der Waals surface area contributed by atoms with Crippen molar-refractivity contribution in [3.05, 3.63) is 47.3 Å². The van der Waals surface area contributed by atoms with Gasteiger partial charge in [-0.2, -0.15) is 9.78 Å². The Labute approximate surface area is 155 Å². The number of aromatic amines is 1. The number of tetrazole rings is 1. The number of nitrogens with zero attached hydrogens (tertiary/aromatic N) is 6. The topological polar surface area (TPSA) is 92.6 Å². The summed E-state index contributed by atoms with van der Waals surface area (Å²) in [5.74, 6) is 0.0839. The molecule has 2 aromatic heterocycles. The van der Waals surface area contributed by atoms with E-state index in [9.17, 15) is 4.79 Å². The lowest BCUT2D eigenvalue weighted by Gasteiger charge is -2.28. The van der Waals surface area contributed by atoms with E-state index in [1.165, 1.54) is 11.8 Å². The molecule has 0 aliphatic carbocycles. The largest absolute Gasteiger partial charge is 0.337 e. The standard InChI is InChI=1S/C17H19N7OS/c1-11-4-3-5-14(8-11)24-17(20-21-22-24)26-12(2)16(25)23-7-6-15-13(10-23)9-18-19-15/h3-5,8-9,12H,6-7,10H2,1-2H3,(H,18,19)/t12-/m0/s1. The summed E-state index contributed by atoms with van der Waals surface area (Å²) >= 11 is 1.37. The van der Waals surface area contributed by atoms with Crippen molar-refractivity contribution in [3.8, 4) is 5.69 Å². The third kappa shape index (κ3) is 3.22. The van der Waals surface area contributed by atoms with Crippen LogP contribution in [-0.2, 0) is 17.8 Å². The Morgan fingerprint density at radius 1 is 1.38 bits per heavy atom. The number of carbonyl (C=O) groups excluding carboxylic acids is 1. The Balaban J connectivity index is 1.48. The Hall–Kier alpha value is -2.68. The van der Waals surface area contributed by atoms with Crippen molar-refractivity contribution in [3.63, 3.8) is 0 Å². The number of aryl methyl sites for hydroxylation is 1. The SMILES string of the molecule is Cc1cccc(-n2nnnc2S[C@@H](C)C(=O)N2CCc3[nH]ncc3C2)c1. The third-order valence-corrected chi connectivity index (χ3v) is 5.45. The Morgan fingerprint density at radius 3 is 3.12 bits per heavy atom. The number of rotatable bonds is 4. The van der Waals surface area contributed by atoms with Crippen LogP contribution in [0.1, 0.15) is 23.7 Å². The molecule has 1 aliphatic rings. The minimum absolute atomic E-state index is 0.0839. The number of amides is 1. The predicted octanol–water partition coefficient (Wildman–Crippen LogP) is 1.76.